The van der Waals surface area contributed by atoms with Crippen molar-refractivity contribution in [1.82, 2.24) is 5.32 Å². The van der Waals surface area contributed by atoms with Gasteiger partial charge in [0.25, 0.3) is 5.91 Å². The number of amides is 1. The summed E-state index contributed by atoms with van der Waals surface area (Å²) in [5.41, 5.74) is 7.43. The number of hydrogen-bond acceptors (Lipinski definition) is 2. The highest BCUT2D eigenvalue weighted by molar-refractivity contribution is 9.10. The first kappa shape index (κ1) is 14.5. The number of carbonyl (C=O) groups is 1. The van der Waals surface area contributed by atoms with E-state index in [0.717, 1.165) is 29.3 Å². The van der Waals surface area contributed by atoms with Gasteiger partial charge in [0, 0.05) is 16.4 Å². The zero-order chi connectivity index (χ0) is 14.0. The largest absolute Gasteiger partial charge is 0.393 e. The van der Waals surface area contributed by atoms with Crippen LogP contribution >= 0.6 is 28.1 Å². The van der Waals surface area contributed by atoms with Crippen LogP contribution in [0.15, 0.2) is 22.7 Å². The molecule has 2 unspecified atom stereocenters. The predicted molar refractivity (Wildman–Crippen MR) is 84.3 cm³/mol. The molecule has 0 saturated heterocycles. The standard InChI is InChI=1S/C14H17BrN2OS/c1-8-4-2-6-10(12(8)15)14(18)17-11-7-3-5-9(11)13(16)19/h2,4,6,9,11H,3,5,7H2,1H3,(H2,16,19)(H,17,18). The lowest BCUT2D eigenvalue weighted by Crippen LogP contribution is -2.41. The molecule has 0 heterocycles. The number of nitrogens with two attached hydrogens (primary N) is 1. The van der Waals surface area contributed by atoms with Crippen molar-refractivity contribution < 1.29 is 4.79 Å². The number of nitrogens with one attached hydrogen (secondary N) is 1. The molecule has 0 aliphatic heterocycles. The normalized spacial score (nSPS) is 22.2. The highest BCUT2D eigenvalue weighted by Crippen LogP contribution is 2.27. The van der Waals surface area contributed by atoms with Crippen LogP contribution in [0, 0.1) is 12.8 Å². The Morgan fingerprint density at radius 1 is 1.47 bits per heavy atom. The number of benzene rings is 1. The molecular weight excluding hydrogens is 324 g/mol. The van der Waals surface area contributed by atoms with Crippen LogP contribution in [0.1, 0.15) is 35.2 Å². The first-order valence-corrected chi connectivity index (χ1v) is 7.56. The minimum atomic E-state index is -0.0660. The minimum absolute atomic E-state index is 0.0660. The van der Waals surface area contributed by atoms with E-state index in [9.17, 15) is 4.79 Å². The molecular formula is C14H17BrN2OS. The second-order valence-electron chi connectivity index (χ2n) is 4.96. The van der Waals surface area contributed by atoms with Gasteiger partial charge in [-0.2, -0.15) is 0 Å². The summed E-state index contributed by atoms with van der Waals surface area (Å²) in [5.74, 6) is 0.0614. The molecule has 1 aromatic rings. The smallest absolute Gasteiger partial charge is 0.252 e. The van der Waals surface area contributed by atoms with E-state index in [4.69, 9.17) is 18.0 Å². The van der Waals surface area contributed by atoms with Crippen LogP contribution in [0.2, 0.25) is 0 Å². The summed E-state index contributed by atoms with van der Waals surface area (Å²) < 4.78 is 0.845. The van der Waals surface area contributed by atoms with Crippen LogP contribution in [-0.4, -0.2) is 16.9 Å². The topological polar surface area (TPSA) is 55.1 Å². The molecule has 1 aromatic carbocycles. The lowest BCUT2D eigenvalue weighted by molar-refractivity contribution is 0.0933. The molecule has 2 atom stereocenters. The van der Waals surface area contributed by atoms with E-state index in [1.54, 1.807) is 0 Å². The predicted octanol–water partition coefficient (Wildman–Crippen LogP) is 2.94. The molecule has 102 valence electrons. The van der Waals surface area contributed by atoms with Crippen molar-refractivity contribution in [3.63, 3.8) is 0 Å². The lowest BCUT2D eigenvalue weighted by atomic mass is 10.0. The Bertz CT molecular complexity index is 518. The molecule has 2 rings (SSSR count). The maximum atomic E-state index is 12.3. The number of thiocarbonyl (C=S) groups is 1. The van der Waals surface area contributed by atoms with Crippen molar-refractivity contribution in [1.29, 1.82) is 0 Å². The second-order valence-corrected chi connectivity index (χ2v) is 6.22. The molecule has 5 heteroatoms. The van der Waals surface area contributed by atoms with Crippen molar-refractivity contribution in [2.24, 2.45) is 11.7 Å². The summed E-state index contributed by atoms with van der Waals surface area (Å²) >= 11 is 8.53. The summed E-state index contributed by atoms with van der Waals surface area (Å²) in [7, 11) is 0. The second kappa shape index (κ2) is 6.01. The van der Waals surface area contributed by atoms with Gasteiger partial charge < -0.3 is 11.1 Å². The molecule has 0 aromatic heterocycles. The monoisotopic (exact) mass is 340 g/mol. The zero-order valence-corrected chi connectivity index (χ0v) is 13.2. The van der Waals surface area contributed by atoms with Gasteiger partial charge in [0.1, 0.15) is 0 Å². The van der Waals surface area contributed by atoms with E-state index in [-0.39, 0.29) is 17.9 Å². The van der Waals surface area contributed by atoms with Gasteiger partial charge in [-0.15, -0.1) is 0 Å². The number of carbonyl (C=O) groups excluding carboxylic acids is 1. The van der Waals surface area contributed by atoms with Crippen LogP contribution in [-0.2, 0) is 0 Å². The number of rotatable bonds is 3. The van der Waals surface area contributed by atoms with Gasteiger partial charge in [0.05, 0.1) is 10.6 Å². The van der Waals surface area contributed by atoms with Gasteiger partial charge >= 0.3 is 0 Å². The molecule has 3 nitrogen and oxygen atoms in total. The Hall–Kier alpha value is -0.940. The van der Waals surface area contributed by atoms with E-state index in [1.165, 1.54) is 0 Å². The van der Waals surface area contributed by atoms with Crippen LogP contribution in [0.25, 0.3) is 0 Å². The molecule has 1 aliphatic rings. The Balaban J connectivity index is 2.13. The van der Waals surface area contributed by atoms with Gasteiger partial charge in [-0.3, -0.25) is 4.79 Å². The Kier molecular flexibility index (Phi) is 4.58. The molecule has 1 amide bonds. The lowest BCUT2D eigenvalue weighted by Gasteiger charge is -2.20. The van der Waals surface area contributed by atoms with E-state index < -0.39 is 0 Å². The van der Waals surface area contributed by atoms with Gasteiger partial charge in [-0.05, 0) is 47.3 Å². The fourth-order valence-electron chi connectivity index (χ4n) is 2.54. The number of aryl methyl sites for hydroxylation is 1. The van der Waals surface area contributed by atoms with Crippen molar-refractivity contribution in [2.45, 2.75) is 32.2 Å². The highest BCUT2D eigenvalue weighted by atomic mass is 79.9. The summed E-state index contributed by atoms with van der Waals surface area (Å²) in [6.45, 7) is 1.97. The summed E-state index contributed by atoms with van der Waals surface area (Å²) in [6.07, 6.45) is 2.97. The van der Waals surface area contributed by atoms with Gasteiger partial charge in [0.2, 0.25) is 0 Å². The molecule has 0 spiro atoms. The molecule has 0 bridgehead atoms. The summed E-state index contributed by atoms with van der Waals surface area (Å²) in [4.78, 5) is 12.8. The average Bonchev–Trinajstić information content (AvgIpc) is 2.80. The summed E-state index contributed by atoms with van der Waals surface area (Å²) in [5, 5.41) is 3.06. The number of halogens is 1. The van der Waals surface area contributed by atoms with Crippen molar-refractivity contribution in [2.75, 3.05) is 0 Å². The SMILES string of the molecule is Cc1cccc(C(=O)NC2CCCC2C(N)=S)c1Br. The average molecular weight is 341 g/mol. The first-order valence-electron chi connectivity index (χ1n) is 6.36. The maximum Gasteiger partial charge on any atom is 0.252 e. The third-order valence-corrected chi connectivity index (χ3v) is 4.99. The quantitative estimate of drug-likeness (QED) is 0.831. The van der Waals surface area contributed by atoms with E-state index in [0.29, 0.717) is 10.6 Å². The Morgan fingerprint density at radius 2 is 2.21 bits per heavy atom. The van der Waals surface area contributed by atoms with E-state index >= 15 is 0 Å². The third kappa shape index (κ3) is 3.15. The third-order valence-electron chi connectivity index (χ3n) is 3.63. The maximum absolute atomic E-state index is 12.3. The highest BCUT2D eigenvalue weighted by Gasteiger charge is 2.31. The molecule has 19 heavy (non-hydrogen) atoms. The minimum Gasteiger partial charge on any atom is -0.393 e. The molecule has 0 radical (unpaired) electrons. The van der Waals surface area contributed by atoms with Crippen LogP contribution in [0.5, 0.6) is 0 Å². The Labute approximate surface area is 127 Å². The van der Waals surface area contributed by atoms with Crippen molar-refractivity contribution in [3.8, 4) is 0 Å². The summed E-state index contributed by atoms with van der Waals surface area (Å²) in [6, 6.07) is 5.73. The first-order chi connectivity index (χ1) is 9.00. The molecule has 1 aliphatic carbocycles. The van der Waals surface area contributed by atoms with E-state index in [2.05, 4.69) is 21.2 Å². The van der Waals surface area contributed by atoms with Crippen molar-refractivity contribution in [3.05, 3.63) is 33.8 Å². The van der Waals surface area contributed by atoms with Gasteiger partial charge in [-0.1, -0.05) is 30.8 Å². The fourth-order valence-corrected chi connectivity index (χ4v) is 3.27. The van der Waals surface area contributed by atoms with Crippen LogP contribution in [0.4, 0.5) is 0 Å². The van der Waals surface area contributed by atoms with Crippen LogP contribution < -0.4 is 11.1 Å². The fraction of sp³-hybridized carbons (Fsp3) is 0.429. The zero-order valence-electron chi connectivity index (χ0n) is 10.8. The molecule has 3 N–H and O–H groups in total. The van der Waals surface area contributed by atoms with Gasteiger partial charge in [-0.25, -0.2) is 0 Å². The Morgan fingerprint density at radius 3 is 2.89 bits per heavy atom. The number of hydrogen-bond donors (Lipinski definition) is 2. The van der Waals surface area contributed by atoms with Gasteiger partial charge in [0.15, 0.2) is 0 Å². The molecule has 1 saturated carbocycles. The van der Waals surface area contributed by atoms with E-state index in [1.807, 2.05) is 25.1 Å². The van der Waals surface area contributed by atoms with Crippen molar-refractivity contribution >= 4 is 39.0 Å². The molecule has 1 fully saturated rings. The van der Waals surface area contributed by atoms with Crippen LogP contribution in [0.3, 0.4) is 0 Å².